The molecule has 1 aliphatic rings. The number of hydrogen-bond acceptors (Lipinski definition) is 4. The Morgan fingerprint density at radius 2 is 1.94 bits per heavy atom. The van der Waals surface area contributed by atoms with Crippen LogP contribution in [0.3, 0.4) is 0 Å². The molecule has 1 heterocycles. The summed E-state index contributed by atoms with van der Waals surface area (Å²) < 4.78 is 10.6. The van der Waals surface area contributed by atoms with Crippen LogP contribution in [0.4, 0.5) is 0 Å². The minimum atomic E-state index is 0.712. The third-order valence-corrected chi connectivity index (χ3v) is 4.14. The van der Waals surface area contributed by atoms with Crippen molar-refractivity contribution < 1.29 is 9.47 Å². The lowest BCUT2D eigenvalue weighted by molar-refractivity contribution is 0.355. The lowest BCUT2D eigenvalue weighted by atomic mass is 10.1. The molecule has 4 heteroatoms. The Kier molecular flexibility index (Phi) is 2.96. The molecule has 0 spiro atoms. The van der Waals surface area contributed by atoms with E-state index in [1.54, 1.807) is 25.6 Å². The highest BCUT2D eigenvalue weighted by molar-refractivity contribution is 7.10. The highest BCUT2D eigenvalue weighted by Crippen LogP contribution is 2.43. The van der Waals surface area contributed by atoms with Gasteiger partial charge in [-0.1, -0.05) is 0 Å². The Labute approximate surface area is 110 Å². The summed E-state index contributed by atoms with van der Waals surface area (Å²) in [6, 6.07) is 5.92. The van der Waals surface area contributed by atoms with Crippen LogP contribution >= 0.6 is 11.3 Å². The second-order valence-corrected chi connectivity index (χ2v) is 5.30. The van der Waals surface area contributed by atoms with Gasteiger partial charge in [0.2, 0.25) is 0 Å². The molecule has 0 bridgehead atoms. The van der Waals surface area contributed by atoms with Gasteiger partial charge >= 0.3 is 0 Å². The van der Waals surface area contributed by atoms with Crippen LogP contribution in [0.5, 0.6) is 11.5 Å². The van der Waals surface area contributed by atoms with Gasteiger partial charge in [0.05, 0.1) is 24.9 Å². The third kappa shape index (κ3) is 2.08. The summed E-state index contributed by atoms with van der Waals surface area (Å²) >= 11 is 1.76. The maximum Gasteiger partial charge on any atom is 0.161 e. The second kappa shape index (κ2) is 4.61. The molecule has 0 unspecified atom stereocenters. The summed E-state index contributed by atoms with van der Waals surface area (Å²) in [5.74, 6) is 2.21. The zero-order valence-corrected chi connectivity index (χ0v) is 11.3. The van der Waals surface area contributed by atoms with Gasteiger partial charge in [-0.05, 0) is 31.0 Å². The zero-order valence-electron chi connectivity index (χ0n) is 10.5. The second-order valence-electron chi connectivity index (χ2n) is 4.42. The standard InChI is InChI=1S/C14H15NO2S/c1-16-12-6-5-10(7-13(12)17-2)11-8-18-14(15-11)9-3-4-9/h5-9H,3-4H2,1-2H3. The average Bonchev–Trinajstić information content (AvgIpc) is 3.16. The maximum absolute atomic E-state index is 5.32. The van der Waals surface area contributed by atoms with Crippen LogP contribution in [0.25, 0.3) is 11.3 Å². The van der Waals surface area contributed by atoms with Gasteiger partial charge in [0, 0.05) is 16.9 Å². The van der Waals surface area contributed by atoms with Gasteiger partial charge in [-0.2, -0.15) is 0 Å². The smallest absolute Gasteiger partial charge is 0.161 e. The Bertz CT molecular complexity index is 561. The average molecular weight is 261 g/mol. The molecule has 1 aromatic carbocycles. The molecule has 1 aliphatic carbocycles. The summed E-state index contributed by atoms with van der Waals surface area (Å²) in [7, 11) is 3.30. The lowest BCUT2D eigenvalue weighted by Crippen LogP contribution is -1.91. The van der Waals surface area contributed by atoms with Gasteiger partial charge in [-0.15, -0.1) is 11.3 Å². The zero-order chi connectivity index (χ0) is 12.5. The van der Waals surface area contributed by atoms with E-state index in [-0.39, 0.29) is 0 Å². The van der Waals surface area contributed by atoms with E-state index in [1.807, 2.05) is 18.2 Å². The Balaban J connectivity index is 1.94. The summed E-state index contributed by atoms with van der Waals surface area (Å²) in [5, 5.41) is 3.38. The highest BCUT2D eigenvalue weighted by atomic mass is 32.1. The quantitative estimate of drug-likeness (QED) is 0.840. The molecule has 2 aromatic rings. The molecule has 0 atom stereocenters. The molecule has 0 amide bonds. The summed E-state index contributed by atoms with van der Waals surface area (Å²) in [5.41, 5.74) is 2.11. The van der Waals surface area contributed by atoms with Gasteiger partial charge in [0.1, 0.15) is 0 Å². The maximum atomic E-state index is 5.32. The van der Waals surface area contributed by atoms with Gasteiger partial charge in [-0.25, -0.2) is 4.98 Å². The lowest BCUT2D eigenvalue weighted by Gasteiger charge is -2.08. The van der Waals surface area contributed by atoms with E-state index >= 15 is 0 Å². The van der Waals surface area contributed by atoms with Crippen LogP contribution in [0.15, 0.2) is 23.6 Å². The first-order valence-corrected chi connectivity index (χ1v) is 6.87. The normalized spacial score (nSPS) is 14.6. The number of benzene rings is 1. The van der Waals surface area contributed by atoms with Crippen molar-refractivity contribution in [3.8, 4) is 22.8 Å². The molecule has 1 aromatic heterocycles. The van der Waals surface area contributed by atoms with E-state index < -0.39 is 0 Å². The fourth-order valence-electron chi connectivity index (χ4n) is 1.93. The van der Waals surface area contributed by atoms with Crippen LogP contribution in [-0.2, 0) is 0 Å². The Morgan fingerprint density at radius 3 is 2.61 bits per heavy atom. The Hall–Kier alpha value is -1.55. The number of hydrogen-bond donors (Lipinski definition) is 0. The van der Waals surface area contributed by atoms with Crippen molar-refractivity contribution in [2.45, 2.75) is 18.8 Å². The van der Waals surface area contributed by atoms with Gasteiger partial charge in [0.25, 0.3) is 0 Å². The molecule has 94 valence electrons. The number of methoxy groups -OCH3 is 2. The SMILES string of the molecule is COc1ccc(-c2csc(C3CC3)n2)cc1OC. The topological polar surface area (TPSA) is 31.4 Å². The first-order valence-electron chi connectivity index (χ1n) is 5.99. The van der Waals surface area contributed by atoms with Crippen molar-refractivity contribution in [1.29, 1.82) is 0 Å². The van der Waals surface area contributed by atoms with E-state index in [0.717, 1.165) is 22.8 Å². The third-order valence-electron chi connectivity index (χ3n) is 3.13. The minimum absolute atomic E-state index is 0.712. The number of aromatic nitrogens is 1. The molecule has 0 N–H and O–H groups in total. The molecule has 0 radical (unpaired) electrons. The van der Waals surface area contributed by atoms with Crippen LogP contribution in [0.2, 0.25) is 0 Å². The van der Waals surface area contributed by atoms with Crippen LogP contribution in [0, 0.1) is 0 Å². The van der Waals surface area contributed by atoms with Gasteiger partial charge in [-0.3, -0.25) is 0 Å². The van der Waals surface area contributed by atoms with E-state index in [9.17, 15) is 0 Å². The monoisotopic (exact) mass is 261 g/mol. The number of thiazole rings is 1. The van der Waals surface area contributed by atoms with Crippen molar-refractivity contribution in [3.05, 3.63) is 28.6 Å². The largest absolute Gasteiger partial charge is 0.493 e. The molecule has 1 saturated carbocycles. The molecule has 1 fully saturated rings. The van der Waals surface area contributed by atoms with Crippen molar-refractivity contribution >= 4 is 11.3 Å². The van der Waals surface area contributed by atoms with Crippen molar-refractivity contribution in [1.82, 2.24) is 4.98 Å². The summed E-state index contributed by atoms with van der Waals surface area (Å²) in [6.07, 6.45) is 2.58. The first-order chi connectivity index (χ1) is 8.81. The predicted octanol–water partition coefficient (Wildman–Crippen LogP) is 3.70. The Morgan fingerprint density at radius 1 is 1.17 bits per heavy atom. The van der Waals surface area contributed by atoms with E-state index in [2.05, 4.69) is 5.38 Å². The number of nitrogens with zero attached hydrogens (tertiary/aromatic N) is 1. The van der Waals surface area contributed by atoms with Gasteiger partial charge in [0.15, 0.2) is 11.5 Å². The fourth-order valence-corrected chi connectivity index (χ4v) is 2.93. The van der Waals surface area contributed by atoms with E-state index in [0.29, 0.717) is 5.92 Å². The van der Waals surface area contributed by atoms with Crippen molar-refractivity contribution in [3.63, 3.8) is 0 Å². The van der Waals surface area contributed by atoms with Crippen molar-refractivity contribution in [2.24, 2.45) is 0 Å². The first kappa shape index (κ1) is 11.5. The fraction of sp³-hybridized carbons (Fsp3) is 0.357. The predicted molar refractivity (Wildman–Crippen MR) is 72.6 cm³/mol. The van der Waals surface area contributed by atoms with E-state index in [1.165, 1.54) is 17.8 Å². The molecule has 3 nitrogen and oxygen atoms in total. The minimum Gasteiger partial charge on any atom is -0.493 e. The molecule has 3 rings (SSSR count). The molecule has 0 aliphatic heterocycles. The molecular weight excluding hydrogens is 246 g/mol. The number of rotatable bonds is 4. The van der Waals surface area contributed by atoms with Crippen LogP contribution in [0.1, 0.15) is 23.8 Å². The number of ether oxygens (including phenoxy) is 2. The highest BCUT2D eigenvalue weighted by Gasteiger charge is 2.26. The van der Waals surface area contributed by atoms with Crippen molar-refractivity contribution in [2.75, 3.05) is 14.2 Å². The molecule has 18 heavy (non-hydrogen) atoms. The summed E-state index contributed by atoms with van der Waals surface area (Å²) in [4.78, 5) is 4.70. The molecule has 0 saturated heterocycles. The van der Waals surface area contributed by atoms with Gasteiger partial charge < -0.3 is 9.47 Å². The molecular formula is C14H15NO2S. The van der Waals surface area contributed by atoms with Crippen LogP contribution in [-0.4, -0.2) is 19.2 Å². The van der Waals surface area contributed by atoms with Crippen LogP contribution < -0.4 is 9.47 Å². The van der Waals surface area contributed by atoms with E-state index in [4.69, 9.17) is 14.5 Å². The summed E-state index contributed by atoms with van der Waals surface area (Å²) in [6.45, 7) is 0.